The molecule has 2 aliphatic heterocycles. The number of carbonyl (C=O) groups is 2. The Bertz CT molecular complexity index is 349. The first kappa shape index (κ1) is 13.2. The Morgan fingerprint density at radius 2 is 2.11 bits per heavy atom. The van der Waals surface area contributed by atoms with E-state index in [4.69, 9.17) is 4.74 Å². The second-order valence-corrected chi connectivity index (χ2v) is 6.09. The third-order valence-electron chi connectivity index (χ3n) is 3.46. The van der Waals surface area contributed by atoms with Crippen molar-refractivity contribution in [2.45, 2.75) is 64.1 Å². The lowest BCUT2D eigenvalue weighted by atomic mass is 9.96. The van der Waals surface area contributed by atoms with Gasteiger partial charge in [-0.1, -0.05) is 0 Å². The van der Waals surface area contributed by atoms with Crippen molar-refractivity contribution in [3.05, 3.63) is 0 Å². The van der Waals surface area contributed by atoms with E-state index < -0.39 is 5.60 Å². The fourth-order valence-electron chi connectivity index (χ4n) is 2.77. The highest BCUT2D eigenvalue weighted by Gasteiger charge is 2.39. The van der Waals surface area contributed by atoms with Crippen molar-refractivity contribution in [1.82, 2.24) is 10.2 Å². The molecule has 0 aromatic heterocycles. The van der Waals surface area contributed by atoms with Gasteiger partial charge in [-0.15, -0.1) is 0 Å². The molecule has 2 saturated heterocycles. The van der Waals surface area contributed by atoms with E-state index in [1.54, 1.807) is 0 Å². The molecule has 2 aliphatic rings. The molecule has 0 spiro atoms. The number of hydrogen-bond donors (Lipinski definition) is 1. The van der Waals surface area contributed by atoms with Crippen LogP contribution in [-0.4, -0.2) is 41.1 Å². The Morgan fingerprint density at radius 1 is 1.39 bits per heavy atom. The third kappa shape index (κ3) is 2.94. The zero-order valence-corrected chi connectivity index (χ0v) is 11.4. The number of alkyl carbamates (subject to hydrolysis) is 1. The van der Waals surface area contributed by atoms with Crippen LogP contribution >= 0.6 is 0 Å². The number of piperidine rings is 1. The highest BCUT2D eigenvalue weighted by molar-refractivity contribution is 5.79. The van der Waals surface area contributed by atoms with Crippen molar-refractivity contribution in [3.63, 3.8) is 0 Å². The molecule has 5 nitrogen and oxygen atoms in total. The third-order valence-corrected chi connectivity index (χ3v) is 3.46. The molecule has 0 aromatic rings. The minimum Gasteiger partial charge on any atom is -0.444 e. The molecule has 2 heterocycles. The molecule has 0 radical (unpaired) electrons. The number of hydrogen-bond acceptors (Lipinski definition) is 3. The molecule has 0 unspecified atom stereocenters. The second kappa shape index (κ2) is 4.78. The topological polar surface area (TPSA) is 58.6 Å². The van der Waals surface area contributed by atoms with E-state index in [0.717, 1.165) is 25.8 Å². The van der Waals surface area contributed by atoms with Gasteiger partial charge in [0.15, 0.2) is 0 Å². The number of ether oxygens (including phenoxy) is 1. The summed E-state index contributed by atoms with van der Waals surface area (Å²) in [7, 11) is 0. The summed E-state index contributed by atoms with van der Waals surface area (Å²) in [4.78, 5) is 25.3. The lowest BCUT2D eigenvalue weighted by Crippen LogP contribution is -2.54. The summed E-state index contributed by atoms with van der Waals surface area (Å²) < 4.78 is 5.26. The standard InChI is InChI=1S/C13H22N2O3/c1-13(2,3)18-12(17)14-9-5-4-8-15-10(9)6-7-11(15)16/h9-10H,4-8H2,1-3H3,(H,14,17)/t9-,10-/m0/s1. The van der Waals surface area contributed by atoms with Crippen molar-refractivity contribution < 1.29 is 14.3 Å². The van der Waals surface area contributed by atoms with Crippen LogP contribution < -0.4 is 5.32 Å². The van der Waals surface area contributed by atoms with Gasteiger partial charge in [-0.25, -0.2) is 4.79 Å². The summed E-state index contributed by atoms with van der Waals surface area (Å²) in [6, 6.07) is 0.207. The molecule has 0 aliphatic carbocycles. The largest absolute Gasteiger partial charge is 0.444 e. The summed E-state index contributed by atoms with van der Waals surface area (Å²) in [6.45, 7) is 6.37. The van der Waals surface area contributed by atoms with Gasteiger partial charge in [-0.3, -0.25) is 4.79 Å². The van der Waals surface area contributed by atoms with Crippen LogP contribution in [0.1, 0.15) is 46.5 Å². The average molecular weight is 254 g/mol. The molecule has 5 heteroatoms. The molecule has 2 fully saturated rings. The number of carbonyl (C=O) groups excluding carboxylic acids is 2. The lowest BCUT2D eigenvalue weighted by Gasteiger charge is -2.37. The van der Waals surface area contributed by atoms with Crippen LogP contribution in [0.15, 0.2) is 0 Å². The molecule has 18 heavy (non-hydrogen) atoms. The fourth-order valence-corrected chi connectivity index (χ4v) is 2.77. The van der Waals surface area contributed by atoms with Gasteiger partial charge in [0.05, 0.1) is 12.1 Å². The van der Waals surface area contributed by atoms with Crippen LogP contribution in [0.3, 0.4) is 0 Å². The van der Waals surface area contributed by atoms with Crippen LogP contribution in [0.25, 0.3) is 0 Å². The molecule has 0 saturated carbocycles. The number of fused-ring (bicyclic) bond motifs is 1. The van der Waals surface area contributed by atoms with Crippen LogP contribution in [0, 0.1) is 0 Å². The minimum atomic E-state index is -0.482. The van der Waals surface area contributed by atoms with E-state index in [-0.39, 0.29) is 24.1 Å². The van der Waals surface area contributed by atoms with Crippen LogP contribution in [-0.2, 0) is 9.53 Å². The highest BCUT2D eigenvalue weighted by atomic mass is 16.6. The van der Waals surface area contributed by atoms with Gasteiger partial charge in [0.1, 0.15) is 5.60 Å². The van der Waals surface area contributed by atoms with Gasteiger partial charge in [0.25, 0.3) is 0 Å². The second-order valence-electron chi connectivity index (χ2n) is 6.09. The van der Waals surface area contributed by atoms with E-state index in [1.807, 2.05) is 25.7 Å². The SMILES string of the molecule is CC(C)(C)OC(=O)N[C@H]1CCCN2C(=O)CC[C@@H]12. The first-order valence-corrected chi connectivity index (χ1v) is 6.66. The van der Waals surface area contributed by atoms with Gasteiger partial charge >= 0.3 is 6.09 Å². The van der Waals surface area contributed by atoms with E-state index in [0.29, 0.717) is 6.42 Å². The van der Waals surface area contributed by atoms with Crippen LogP contribution in [0.2, 0.25) is 0 Å². The van der Waals surface area contributed by atoms with Crippen molar-refractivity contribution >= 4 is 12.0 Å². The molecule has 1 N–H and O–H groups in total. The summed E-state index contributed by atoms with van der Waals surface area (Å²) in [5, 5.41) is 2.91. The Labute approximate surface area is 108 Å². The Hall–Kier alpha value is -1.26. The zero-order chi connectivity index (χ0) is 13.3. The molecular formula is C13H22N2O3. The van der Waals surface area contributed by atoms with Crippen LogP contribution in [0.4, 0.5) is 4.79 Å². The first-order chi connectivity index (χ1) is 8.37. The van der Waals surface area contributed by atoms with Crippen molar-refractivity contribution in [2.75, 3.05) is 6.54 Å². The molecule has 0 aromatic carbocycles. The van der Waals surface area contributed by atoms with Gasteiger partial charge in [0, 0.05) is 13.0 Å². The highest BCUT2D eigenvalue weighted by Crippen LogP contribution is 2.28. The summed E-state index contributed by atoms with van der Waals surface area (Å²) in [6.07, 6.45) is 2.95. The number of amides is 2. The normalized spacial score (nSPS) is 27.9. The van der Waals surface area contributed by atoms with Crippen LogP contribution in [0.5, 0.6) is 0 Å². The first-order valence-electron chi connectivity index (χ1n) is 6.66. The van der Waals surface area contributed by atoms with E-state index in [2.05, 4.69) is 5.32 Å². The molecule has 0 bridgehead atoms. The number of rotatable bonds is 1. The summed E-state index contributed by atoms with van der Waals surface area (Å²) in [5.74, 6) is 0.218. The monoisotopic (exact) mass is 254 g/mol. The Morgan fingerprint density at radius 3 is 2.78 bits per heavy atom. The van der Waals surface area contributed by atoms with Gasteiger partial charge in [-0.05, 0) is 40.0 Å². The van der Waals surface area contributed by atoms with E-state index in [9.17, 15) is 9.59 Å². The Kier molecular flexibility index (Phi) is 3.50. The average Bonchev–Trinajstić information content (AvgIpc) is 2.59. The number of nitrogens with zero attached hydrogens (tertiary/aromatic N) is 1. The Balaban J connectivity index is 1.93. The maximum atomic E-state index is 11.8. The fraction of sp³-hybridized carbons (Fsp3) is 0.846. The maximum Gasteiger partial charge on any atom is 0.407 e. The summed E-state index contributed by atoms with van der Waals surface area (Å²) in [5.41, 5.74) is -0.482. The number of nitrogens with one attached hydrogen (secondary N) is 1. The molecular weight excluding hydrogens is 232 g/mol. The smallest absolute Gasteiger partial charge is 0.407 e. The van der Waals surface area contributed by atoms with Gasteiger partial charge in [0.2, 0.25) is 5.91 Å². The van der Waals surface area contributed by atoms with E-state index in [1.165, 1.54) is 0 Å². The predicted octanol–water partition coefficient (Wildman–Crippen LogP) is 1.66. The summed E-state index contributed by atoms with van der Waals surface area (Å²) >= 11 is 0. The maximum absolute atomic E-state index is 11.8. The van der Waals surface area contributed by atoms with Crippen molar-refractivity contribution in [1.29, 1.82) is 0 Å². The minimum absolute atomic E-state index is 0.0417. The van der Waals surface area contributed by atoms with Gasteiger partial charge < -0.3 is 15.0 Å². The zero-order valence-electron chi connectivity index (χ0n) is 11.4. The molecule has 2 amide bonds. The van der Waals surface area contributed by atoms with Crippen molar-refractivity contribution in [3.8, 4) is 0 Å². The van der Waals surface area contributed by atoms with Gasteiger partial charge in [-0.2, -0.15) is 0 Å². The van der Waals surface area contributed by atoms with E-state index >= 15 is 0 Å². The van der Waals surface area contributed by atoms with Crippen molar-refractivity contribution in [2.24, 2.45) is 0 Å². The molecule has 102 valence electrons. The molecule has 2 rings (SSSR count). The lowest BCUT2D eigenvalue weighted by molar-refractivity contribution is -0.130. The predicted molar refractivity (Wildman–Crippen MR) is 67.1 cm³/mol. The molecule has 2 atom stereocenters. The quantitative estimate of drug-likeness (QED) is 0.774.